The molecule has 0 saturated heterocycles. The molecule has 1 nitrogen and oxygen atoms in total. The van der Waals surface area contributed by atoms with Gasteiger partial charge in [0.1, 0.15) is 0 Å². The molecule has 0 aliphatic carbocycles. The lowest BCUT2D eigenvalue weighted by Gasteiger charge is -2.24. The van der Waals surface area contributed by atoms with Crippen LogP contribution in [0.1, 0.15) is 104 Å². The largest absolute Gasteiger partial charge is 0.306 e. The summed E-state index contributed by atoms with van der Waals surface area (Å²) in [6.07, 6.45) is 20.0. The van der Waals surface area contributed by atoms with Gasteiger partial charge in [-0.2, -0.15) is 0 Å². The van der Waals surface area contributed by atoms with Gasteiger partial charge in [-0.3, -0.25) is 0 Å². The summed E-state index contributed by atoms with van der Waals surface area (Å²) in [6, 6.07) is 0.825. The standard InChI is InChI=1S/C19H41N/c1-5-7-9-10-11-12-13-14-16-18-19(20(3)4)17-15-8-6-2/h19H,5-18H2,1-4H3. The maximum Gasteiger partial charge on any atom is 0.00891 e. The van der Waals surface area contributed by atoms with E-state index in [2.05, 4.69) is 32.8 Å². The summed E-state index contributed by atoms with van der Waals surface area (Å²) in [4.78, 5) is 2.44. The first-order valence-electron chi connectivity index (χ1n) is 9.38. The van der Waals surface area contributed by atoms with Crippen molar-refractivity contribution in [2.24, 2.45) is 0 Å². The highest BCUT2D eigenvalue weighted by molar-refractivity contribution is 4.66. The van der Waals surface area contributed by atoms with E-state index in [1.54, 1.807) is 0 Å². The lowest BCUT2D eigenvalue weighted by molar-refractivity contribution is 0.252. The second-order valence-electron chi connectivity index (χ2n) is 6.73. The first-order chi connectivity index (χ1) is 9.72. The molecule has 0 aromatic carbocycles. The van der Waals surface area contributed by atoms with Crippen LogP contribution in [0.3, 0.4) is 0 Å². The van der Waals surface area contributed by atoms with Gasteiger partial charge in [0.25, 0.3) is 0 Å². The van der Waals surface area contributed by atoms with Crippen LogP contribution >= 0.6 is 0 Å². The molecule has 0 amide bonds. The van der Waals surface area contributed by atoms with Gasteiger partial charge in [0.15, 0.2) is 0 Å². The molecule has 20 heavy (non-hydrogen) atoms. The van der Waals surface area contributed by atoms with E-state index in [1.807, 2.05) is 0 Å². The second kappa shape index (κ2) is 15.4. The van der Waals surface area contributed by atoms with E-state index in [4.69, 9.17) is 0 Å². The van der Waals surface area contributed by atoms with Crippen LogP contribution < -0.4 is 0 Å². The Kier molecular flexibility index (Phi) is 15.3. The van der Waals surface area contributed by atoms with E-state index < -0.39 is 0 Å². The van der Waals surface area contributed by atoms with Gasteiger partial charge in [0.2, 0.25) is 0 Å². The zero-order valence-electron chi connectivity index (χ0n) is 14.9. The first-order valence-corrected chi connectivity index (χ1v) is 9.38. The average molecular weight is 284 g/mol. The molecule has 0 saturated carbocycles. The number of nitrogens with zero attached hydrogens (tertiary/aromatic N) is 1. The molecule has 0 aliphatic heterocycles. The molecule has 0 aromatic rings. The van der Waals surface area contributed by atoms with Gasteiger partial charge in [0, 0.05) is 6.04 Å². The van der Waals surface area contributed by atoms with Gasteiger partial charge < -0.3 is 4.90 Å². The number of rotatable bonds is 15. The van der Waals surface area contributed by atoms with E-state index >= 15 is 0 Å². The molecular weight excluding hydrogens is 242 g/mol. The quantitative estimate of drug-likeness (QED) is 0.313. The zero-order chi connectivity index (χ0) is 15.1. The third-order valence-electron chi connectivity index (χ3n) is 4.51. The van der Waals surface area contributed by atoms with Crippen LogP contribution in [0.25, 0.3) is 0 Å². The normalized spacial score (nSPS) is 13.1. The topological polar surface area (TPSA) is 3.24 Å². The van der Waals surface area contributed by atoms with Gasteiger partial charge in [-0.1, -0.05) is 90.9 Å². The van der Waals surface area contributed by atoms with E-state index in [-0.39, 0.29) is 0 Å². The van der Waals surface area contributed by atoms with E-state index in [9.17, 15) is 0 Å². The summed E-state index contributed by atoms with van der Waals surface area (Å²) in [5, 5.41) is 0. The highest BCUT2D eigenvalue weighted by Gasteiger charge is 2.10. The highest BCUT2D eigenvalue weighted by atomic mass is 15.1. The Labute approximate surface area is 129 Å². The summed E-state index contributed by atoms with van der Waals surface area (Å²) >= 11 is 0. The molecule has 0 aliphatic rings. The summed E-state index contributed by atoms with van der Waals surface area (Å²) < 4.78 is 0. The van der Waals surface area contributed by atoms with Crippen molar-refractivity contribution in [3.63, 3.8) is 0 Å². The van der Waals surface area contributed by atoms with Crippen LogP contribution in [0, 0.1) is 0 Å². The van der Waals surface area contributed by atoms with Gasteiger partial charge >= 0.3 is 0 Å². The molecule has 0 radical (unpaired) electrons. The smallest absolute Gasteiger partial charge is 0.00891 e. The summed E-state index contributed by atoms with van der Waals surface area (Å²) in [6.45, 7) is 4.59. The fourth-order valence-corrected chi connectivity index (χ4v) is 2.98. The summed E-state index contributed by atoms with van der Waals surface area (Å²) in [5.41, 5.74) is 0. The predicted octanol–water partition coefficient (Wildman–Crippen LogP) is 6.42. The minimum atomic E-state index is 0.825. The van der Waals surface area contributed by atoms with E-state index in [1.165, 1.54) is 89.9 Å². The molecule has 0 spiro atoms. The minimum absolute atomic E-state index is 0.825. The Morgan fingerprint density at radius 2 is 0.900 bits per heavy atom. The van der Waals surface area contributed by atoms with Crippen molar-refractivity contribution in [2.45, 2.75) is 110 Å². The molecule has 1 unspecified atom stereocenters. The molecule has 0 N–H and O–H groups in total. The van der Waals surface area contributed by atoms with E-state index in [0.29, 0.717) is 0 Å². The van der Waals surface area contributed by atoms with Crippen LogP contribution in [0.4, 0.5) is 0 Å². The van der Waals surface area contributed by atoms with Gasteiger partial charge in [0.05, 0.1) is 0 Å². The van der Waals surface area contributed by atoms with Crippen molar-refractivity contribution in [1.82, 2.24) is 4.90 Å². The van der Waals surface area contributed by atoms with Crippen LogP contribution in [0.15, 0.2) is 0 Å². The average Bonchev–Trinajstić information content (AvgIpc) is 2.43. The molecule has 122 valence electrons. The van der Waals surface area contributed by atoms with Crippen molar-refractivity contribution < 1.29 is 0 Å². The Hall–Kier alpha value is -0.0400. The maximum absolute atomic E-state index is 2.44. The summed E-state index contributed by atoms with van der Waals surface area (Å²) in [5.74, 6) is 0. The summed E-state index contributed by atoms with van der Waals surface area (Å²) in [7, 11) is 4.51. The van der Waals surface area contributed by atoms with Gasteiger partial charge in [-0.15, -0.1) is 0 Å². The number of hydrogen-bond acceptors (Lipinski definition) is 1. The van der Waals surface area contributed by atoms with Crippen molar-refractivity contribution in [3.8, 4) is 0 Å². The van der Waals surface area contributed by atoms with Crippen LogP contribution in [-0.2, 0) is 0 Å². The van der Waals surface area contributed by atoms with Crippen molar-refractivity contribution >= 4 is 0 Å². The SMILES string of the molecule is CCCCCCCCCCCC(CCCCC)N(C)C. The molecule has 1 heteroatoms. The van der Waals surface area contributed by atoms with E-state index in [0.717, 1.165) is 6.04 Å². The second-order valence-corrected chi connectivity index (χ2v) is 6.73. The fourth-order valence-electron chi connectivity index (χ4n) is 2.98. The Balaban J connectivity index is 3.40. The molecular formula is C19H41N. The molecule has 0 fully saturated rings. The zero-order valence-corrected chi connectivity index (χ0v) is 14.9. The first kappa shape index (κ1) is 20.0. The molecule has 1 atom stereocenters. The number of hydrogen-bond donors (Lipinski definition) is 0. The van der Waals surface area contributed by atoms with Gasteiger partial charge in [-0.25, -0.2) is 0 Å². The fraction of sp³-hybridized carbons (Fsp3) is 1.00. The minimum Gasteiger partial charge on any atom is -0.306 e. The van der Waals surface area contributed by atoms with Gasteiger partial charge in [-0.05, 0) is 26.9 Å². The van der Waals surface area contributed by atoms with Crippen LogP contribution in [0.2, 0.25) is 0 Å². The monoisotopic (exact) mass is 283 g/mol. The Morgan fingerprint density at radius 1 is 0.550 bits per heavy atom. The predicted molar refractivity (Wildman–Crippen MR) is 93.5 cm³/mol. The van der Waals surface area contributed by atoms with Crippen molar-refractivity contribution in [3.05, 3.63) is 0 Å². The van der Waals surface area contributed by atoms with Crippen molar-refractivity contribution in [2.75, 3.05) is 14.1 Å². The van der Waals surface area contributed by atoms with Crippen LogP contribution in [-0.4, -0.2) is 25.0 Å². The molecule has 0 aromatic heterocycles. The molecule has 0 rings (SSSR count). The Bertz CT molecular complexity index is 177. The lowest BCUT2D eigenvalue weighted by atomic mass is 10.00. The number of unbranched alkanes of at least 4 members (excludes halogenated alkanes) is 10. The molecule has 0 heterocycles. The van der Waals surface area contributed by atoms with Crippen molar-refractivity contribution in [1.29, 1.82) is 0 Å². The third kappa shape index (κ3) is 13.0. The Morgan fingerprint density at radius 3 is 1.35 bits per heavy atom. The maximum atomic E-state index is 2.44. The molecule has 0 bridgehead atoms. The highest BCUT2D eigenvalue weighted by Crippen LogP contribution is 2.16. The lowest BCUT2D eigenvalue weighted by Crippen LogP contribution is -2.27. The van der Waals surface area contributed by atoms with Crippen LogP contribution in [0.5, 0.6) is 0 Å². The third-order valence-corrected chi connectivity index (χ3v) is 4.51.